The third-order valence-corrected chi connectivity index (χ3v) is 6.53. The summed E-state index contributed by atoms with van der Waals surface area (Å²) in [7, 11) is -3.49. The minimum atomic E-state index is -3.49. The second-order valence-electron chi connectivity index (χ2n) is 6.22. The highest BCUT2D eigenvalue weighted by Gasteiger charge is 2.21. The molecule has 2 aromatic carbocycles. The molecule has 0 saturated heterocycles. The van der Waals surface area contributed by atoms with Crippen molar-refractivity contribution < 1.29 is 13.2 Å². The third kappa shape index (κ3) is 4.66. The molecule has 0 saturated carbocycles. The maximum Gasteiger partial charge on any atom is 0.251 e. The highest BCUT2D eigenvalue weighted by atomic mass is 32.2. The summed E-state index contributed by atoms with van der Waals surface area (Å²) in [4.78, 5) is 12.6. The van der Waals surface area contributed by atoms with Gasteiger partial charge in [0.25, 0.3) is 5.91 Å². The summed E-state index contributed by atoms with van der Waals surface area (Å²) in [5, 5.41) is 13.8. The van der Waals surface area contributed by atoms with Crippen LogP contribution in [0.4, 0.5) is 0 Å². The van der Waals surface area contributed by atoms with Crippen LogP contribution >= 0.6 is 0 Å². The second kappa shape index (κ2) is 8.93. The number of rotatable bonds is 8. The van der Waals surface area contributed by atoms with Crippen LogP contribution in [0, 0.1) is 0 Å². The Labute approximate surface area is 169 Å². The number of sulfonamides is 1. The Morgan fingerprint density at radius 1 is 1.03 bits per heavy atom. The molecule has 152 valence electrons. The molecule has 0 aliphatic carbocycles. The normalized spacial score (nSPS) is 11.6. The zero-order valence-corrected chi connectivity index (χ0v) is 17.0. The first-order valence-electron chi connectivity index (χ1n) is 9.16. The van der Waals surface area contributed by atoms with Gasteiger partial charge in [-0.05, 0) is 52.4 Å². The van der Waals surface area contributed by atoms with Crippen molar-refractivity contribution in [2.24, 2.45) is 0 Å². The summed E-state index contributed by atoms with van der Waals surface area (Å²) in [6.45, 7) is 4.74. The third-order valence-electron chi connectivity index (χ3n) is 4.46. The molecule has 1 heterocycles. The van der Waals surface area contributed by atoms with E-state index in [1.54, 1.807) is 62.4 Å². The Morgan fingerprint density at radius 2 is 1.69 bits per heavy atom. The maximum absolute atomic E-state index is 12.5. The van der Waals surface area contributed by atoms with Gasteiger partial charge >= 0.3 is 0 Å². The van der Waals surface area contributed by atoms with Gasteiger partial charge < -0.3 is 5.32 Å². The van der Waals surface area contributed by atoms with Gasteiger partial charge in [-0.25, -0.2) is 13.1 Å². The summed E-state index contributed by atoms with van der Waals surface area (Å²) in [6.07, 6.45) is 1.47. The number of nitrogens with one attached hydrogen (secondary N) is 1. The second-order valence-corrected chi connectivity index (χ2v) is 8.16. The Bertz CT molecular complexity index is 1040. The van der Waals surface area contributed by atoms with Gasteiger partial charge in [-0.3, -0.25) is 4.79 Å². The number of hydrogen-bond donors (Lipinski definition) is 1. The molecule has 1 aromatic heterocycles. The average molecular weight is 414 g/mol. The van der Waals surface area contributed by atoms with Crippen molar-refractivity contribution in [1.29, 1.82) is 0 Å². The topological polar surface area (TPSA) is 110 Å². The Morgan fingerprint density at radius 3 is 2.24 bits per heavy atom. The predicted molar refractivity (Wildman–Crippen MR) is 107 cm³/mol. The number of carbonyl (C=O) groups excluding carboxylic acids is 1. The number of nitrogens with zero attached hydrogens (tertiary/aromatic N) is 5. The molecule has 0 aliphatic heterocycles. The molecule has 0 spiro atoms. The van der Waals surface area contributed by atoms with Crippen molar-refractivity contribution >= 4 is 15.9 Å². The fourth-order valence-corrected chi connectivity index (χ4v) is 4.28. The molecule has 0 radical (unpaired) electrons. The zero-order chi connectivity index (χ0) is 20.9. The monoisotopic (exact) mass is 414 g/mol. The highest BCUT2D eigenvalue weighted by molar-refractivity contribution is 7.89. The van der Waals surface area contributed by atoms with Crippen LogP contribution in [0.1, 0.15) is 29.8 Å². The first kappa shape index (κ1) is 20.6. The molecule has 1 amide bonds. The number of amides is 1. The SMILES string of the molecule is CCN(CC)S(=O)(=O)c1ccc(CNC(=O)c2ccc(-n3cnnn3)cc2)cc1. The van der Waals surface area contributed by atoms with Crippen LogP contribution in [0.25, 0.3) is 5.69 Å². The van der Waals surface area contributed by atoms with Gasteiger partial charge in [0.2, 0.25) is 10.0 Å². The van der Waals surface area contributed by atoms with Crippen LogP contribution in [0.2, 0.25) is 0 Å². The standard InChI is InChI=1S/C19H22N6O3S/c1-3-24(4-2)29(27,28)18-11-5-15(6-12-18)13-20-19(26)16-7-9-17(10-8-16)25-14-21-22-23-25/h5-12,14H,3-4,13H2,1-2H3,(H,20,26). The van der Waals surface area contributed by atoms with E-state index in [1.807, 2.05) is 0 Å². The van der Waals surface area contributed by atoms with Crippen LogP contribution in [0.15, 0.2) is 59.8 Å². The fraction of sp³-hybridized carbons (Fsp3) is 0.263. The number of carbonyl (C=O) groups is 1. The number of tetrazole rings is 1. The van der Waals surface area contributed by atoms with E-state index >= 15 is 0 Å². The van der Waals surface area contributed by atoms with E-state index in [0.29, 0.717) is 25.2 Å². The lowest BCUT2D eigenvalue weighted by molar-refractivity contribution is 0.0951. The molecule has 29 heavy (non-hydrogen) atoms. The van der Waals surface area contributed by atoms with E-state index in [0.717, 1.165) is 11.3 Å². The Kier molecular flexibility index (Phi) is 6.35. The summed E-state index contributed by atoms with van der Waals surface area (Å²) in [5.74, 6) is -0.229. The molecule has 1 N–H and O–H groups in total. The minimum absolute atomic E-state index is 0.229. The molecule has 0 aliphatic rings. The maximum atomic E-state index is 12.5. The zero-order valence-electron chi connectivity index (χ0n) is 16.2. The van der Waals surface area contributed by atoms with Gasteiger partial charge in [0.1, 0.15) is 6.33 Å². The largest absolute Gasteiger partial charge is 0.348 e. The van der Waals surface area contributed by atoms with Crippen molar-refractivity contribution in [2.45, 2.75) is 25.3 Å². The number of benzene rings is 2. The van der Waals surface area contributed by atoms with Gasteiger partial charge in [-0.1, -0.05) is 26.0 Å². The summed E-state index contributed by atoms with van der Waals surface area (Å²) >= 11 is 0. The number of hydrogen-bond acceptors (Lipinski definition) is 6. The molecule has 3 rings (SSSR count). The molecular formula is C19H22N6O3S. The van der Waals surface area contributed by atoms with Crippen molar-refractivity contribution in [2.75, 3.05) is 13.1 Å². The molecule has 3 aromatic rings. The molecule has 0 bridgehead atoms. The van der Waals surface area contributed by atoms with E-state index in [1.165, 1.54) is 15.3 Å². The molecule has 0 fully saturated rings. The van der Waals surface area contributed by atoms with E-state index in [-0.39, 0.29) is 10.8 Å². The summed E-state index contributed by atoms with van der Waals surface area (Å²) in [5.41, 5.74) is 2.06. The van der Waals surface area contributed by atoms with Crippen molar-refractivity contribution in [3.63, 3.8) is 0 Å². The van der Waals surface area contributed by atoms with Gasteiger partial charge in [0.05, 0.1) is 10.6 Å². The van der Waals surface area contributed by atoms with Crippen LogP contribution in [0.3, 0.4) is 0 Å². The first-order valence-corrected chi connectivity index (χ1v) is 10.6. The van der Waals surface area contributed by atoms with E-state index in [2.05, 4.69) is 20.8 Å². The molecule has 0 atom stereocenters. The van der Waals surface area contributed by atoms with Crippen molar-refractivity contribution in [1.82, 2.24) is 29.8 Å². The molecule has 0 unspecified atom stereocenters. The van der Waals surface area contributed by atoms with Gasteiger partial charge in [-0.2, -0.15) is 4.31 Å². The quantitative estimate of drug-likeness (QED) is 0.600. The van der Waals surface area contributed by atoms with Gasteiger partial charge in [0.15, 0.2) is 0 Å². The molecule has 10 heteroatoms. The molecule has 9 nitrogen and oxygen atoms in total. The Hall–Kier alpha value is -3.11. The lowest BCUT2D eigenvalue weighted by Gasteiger charge is -2.18. The predicted octanol–water partition coefficient (Wildman–Crippen LogP) is 1.62. The molecular weight excluding hydrogens is 392 g/mol. The average Bonchev–Trinajstić information content (AvgIpc) is 3.28. The van der Waals surface area contributed by atoms with Crippen LogP contribution in [-0.4, -0.2) is 51.9 Å². The van der Waals surface area contributed by atoms with Crippen LogP contribution < -0.4 is 5.32 Å². The van der Waals surface area contributed by atoms with Crippen LogP contribution in [-0.2, 0) is 16.6 Å². The minimum Gasteiger partial charge on any atom is -0.348 e. The Balaban J connectivity index is 1.62. The van der Waals surface area contributed by atoms with Crippen molar-refractivity contribution in [3.8, 4) is 5.69 Å². The van der Waals surface area contributed by atoms with E-state index in [9.17, 15) is 13.2 Å². The summed E-state index contributed by atoms with van der Waals surface area (Å²) in [6, 6.07) is 13.4. The van der Waals surface area contributed by atoms with E-state index in [4.69, 9.17) is 0 Å². The first-order chi connectivity index (χ1) is 14.0. The van der Waals surface area contributed by atoms with Gasteiger partial charge in [-0.15, -0.1) is 5.10 Å². The van der Waals surface area contributed by atoms with Crippen molar-refractivity contribution in [3.05, 3.63) is 66.0 Å². The summed E-state index contributed by atoms with van der Waals surface area (Å²) < 4.78 is 27.9. The fourth-order valence-electron chi connectivity index (χ4n) is 2.82. The van der Waals surface area contributed by atoms with E-state index < -0.39 is 10.0 Å². The van der Waals surface area contributed by atoms with Crippen LogP contribution in [0.5, 0.6) is 0 Å². The number of aromatic nitrogens is 4. The van der Waals surface area contributed by atoms with Gasteiger partial charge in [0, 0.05) is 25.2 Å². The highest BCUT2D eigenvalue weighted by Crippen LogP contribution is 2.16. The lowest BCUT2D eigenvalue weighted by Crippen LogP contribution is -2.30. The smallest absolute Gasteiger partial charge is 0.251 e. The lowest BCUT2D eigenvalue weighted by atomic mass is 10.2.